The molecule has 0 atom stereocenters. The van der Waals surface area contributed by atoms with Gasteiger partial charge >= 0.3 is 0 Å². The highest BCUT2D eigenvalue weighted by Crippen LogP contribution is 2.44. The second-order valence-electron chi connectivity index (χ2n) is 12.5. The summed E-state index contributed by atoms with van der Waals surface area (Å²) in [7, 11) is 0. The predicted octanol–water partition coefficient (Wildman–Crippen LogP) is 12.0. The number of para-hydroxylation sites is 1. The van der Waals surface area contributed by atoms with Gasteiger partial charge in [-0.15, -0.1) is 11.3 Å². The number of rotatable bonds is 5. The van der Waals surface area contributed by atoms with Gasteiger partial charge in [-0.25, -0.2) is 15.0 Å². The van der Waals surface area contributed by atoms with Crippen LogP contribution in [0.25, 0.3) is 92.7 Å². The molecule has 0 saturated heterocycles. The molecule has 0 aliphatic heterocycles. The van der Waals surface area contributed by atoms with Crippen LogP contribution in [0.3, 0.4) is 0 Å². The van der Waals surface area contributed by atoms with Crippen LogP contribution in [-0.4, -0.2) is 19.5 Å². The summed E-state index contributed by atoms with van der Waals surface area (Å²) >= 11 is 1.86. The van der Waals surface area contributed by atoms with Gasteiger partial charge in [0.15, 0.2) is 11.6 Å². The third-order valence-corrected chi connectivity index (χ3v) is 10.7. The highest BCUT2D eigenvalue weighted by Gasteiger charge is 2.19. The second-order valence-corrected chi connectivity index (χ2v) is 13.6. The molecule has 0 aliphatic carbocycles. The quantitative estimate of drug-likeness (QED) is 0.185. The molecule has 10 rings (SSSR count). The smallest absolute Gasteiger partial charge is 0.163 e. The van der Waals surface area contributed by atoms with Crippen LogP contribution >= 0.6 is 11.3 Å². The zero-order chi connectivity index (χ0) is 33.0. The fourth-order valence-electron chi connectivity index (χ4n) is 7.21. The number of hydrogen-bond donors (Lipinski definition) is 0. The molecule has 0 saturated carbocycles. The highest BCUT2D eigenvalue weighted by molar-refractivity contribution is 7.26. The molecule has 50 heavy (non-hydrogen) atoms. The molecule has 0 spiro atoms. The van der Waals surface area contributed by atoms with Crippen LogP contribution < -0.4 is 0 Å². The van der Waals surface area contributed by atoms with Crippen molar-refractivity contribution in [1.29, 1.82) is 0 Å². The van der Waals surface area contributed by atoms with Crippen molar-refractivity contribution in [2.75, 3.05) is 0 Å². The summed E-state index contributed by atoms with van der Waals surface area (Å²) in [6.07, 6.45) is 1.64. The van der Waals surface area contributed by atoms with Crippen LogP contribution in [0.2, 0.25) is 0 Å². The third-order valence-electron chi connectivity index (χ3n) is 9.52. The Labute approximate surface area is 292 Å². The molecule has 7 aromatic carbocycles. The molecule has 0 fully saturated rings. The van der Waals surface area contributed by atoms with Crippen molar-refractivity contribution in [1.82, 2.24) is 19.5 Å². The van der Waals surface area contributed by atoms with E-state index >= 15 is 0 Å². The number of aromatic nitrogens is 4. The minimum absolute atomic E-state index is 0.642. The molecular formula is C45H28N4S. The van der Waals surface area contributed by atoms with E-state index in [1.54, 1.807) is 6.33 Å². The molecule has 0 aliphatic rings. The number of fused-ring (bicyclic) bond motifs is 7. The Bertz CT molecular complexity index is 2800. The Balaban J connectivity index is 1.17. The molecule has 3 aromatic heterocycles. The van der Waals surface area contributed by atoms with Crippen LogP contribution in [0.5, 0.6) is 0 Å². The zero-order valence-electron chi connectivity index (χ0n) is 26.9. The van der Waals surface area contributed by atoms with Crippen LogP contribution in [0.1, 0.15) is 0 Å². The van der Waals surface area contributed by atoms with E-state index in [4.69, 9.17) is 15.0 Å². The Hall–Kier alpha value is -6.43. The Morgan fingerprint density at radius 1 is 0.420 bits per heavy atom. The summed E-state index contributed by atoms with van der Waals surface area (Å²) in [4.78, 5) is 14.5. The van der Waals surface area contributed by atoms with Crippen molar-refractivity contribution in [2.45, 2.75) is 0 Å². The van der Waals surface area contributed by atoms with Crippen molar-refractivity contribution in [3.05, 3.63) is 170 Å². The highest BCUT2D eigenvalue weighted by atomic mass is 32.1. The third kappa shape index (κ3) is 4.71. The van der Waals surface area contributed by atoms with Gasteiger partial charge in [0.2, 0.25) is 0 Å². The lowest BCUT2D eigenvalue weighted by molar-refractivity contribution is 1.07. The Morgan fingerprint density at radius 3 is 1.74 bits per heavy atom. The minimum atomic E-state index is 0.642. The second kappa shape index (κ2) is 11.6. The van der Waals surface area contributed by atoms with E-state index < -0.39 is 0 Å². The van der Waals surface area contributed by atoms with Crippen molar-refractivity contribution in [2.24, 2.45) is 0 Å². The monoisotopic (exact) mass is 656 g/mol. The first-order valence-electron chi connectivity index (χ1n) is 16.7. The average molecular weight is 657 g/mol. The maximum Gasteiger partial charge on any atom is 0.163 e. The van der Waals surface area contributed by atoms with Gasteiger partial charge in [-0.05, 0) is 82.9 Å². The van der Waals surface area contributed by atoms with Gasteiger partial charge in [-0.2, -0.15) is 0 Å². The van der Waals surface area contributed by atoms with E-state index in [9.17, 15) is 0 Å². The fraction of sp³-hybridized carbons (Fsp3) is 0. The molecular weight excluding hydrogens is 629 g/mol. The van der Waals surface area contributed by atoms with Crippen LogP contribution in [0.15, 0.2) is 170 Å². The first-order chi connectivity index (χ1) is 24.8. The Morgan fingerprint density at radius 2 is 1.02 bits per heavy atom. The largest absolute Gasteiger partial charge is 0.309 e. The topological polar surface area (TPSA) is 43.6 Å². The standard InChI is InChI=1S/C45H28N4S/c1-4-12-29(13-5-1)32-24-33(30-14-6-2-7-15-30)26-34(25-32)45-47-28-46-44(48-45)31-20-22-39-38(27-31)42-40(49(39)35-16-8-3-9-17-35)23-21-37-36-18-10-11-19-41(36)50-43(37)42/h1-28H. The lowest BCUT2D eigenvalue weighted by Crippen LogP contribution is -1.96. The molecule has 0 amide bonds. The number of thiophene rings is 1. The summed E-state index contributed by atoms with van der Waals surface area (Å²) in [5.41, 5.74) is 9.90. The van der Waals surface area contributed by atoms with E-state index in [0.717, 1.165) is 44.6 Å². The van der Waals surface area contributed by atoms with Gasteiger partial charge in [0.05, 0.1) is 11.0 Å². The first-order valence-corrected chi connectivity index (χ1v) is 17.5. The van der Waals surface area contributed by atoms with Gasteiger partial charge in [0.1, 0.15) is 6.33 Å². The number of nitrogens with zero attached hydrogens (tertiary/aromatic N) is 4. The number of hydrogen-bond acceptors (Lipinski definition) is 4. The lowest BCUT2D eigenvalue weighted by atomic mass is 9.96. The van der Waals surface area contributed by atoms with Crippen LogP contribution in [0.4, 0.5) is 0 Å². The van der Waals surface area contributed by atoms with Crippen molar-refractivity contribution < 1.29 is 0 Å². The summed E-state index contributed by atoms with van der Waals surface area (Å²) < 4.78 is 4.96. The van der Waals surface area contributed by atoms with Crippen molar-refractivity contribution in [3.63, 3.8) is 0 Å². The van der Waals surface area contributed by atoms with Crippen molar-refractivity contribution in [3.8, 4) is 50.7 Å². The molecule has 0 radical (unpaired) electrons. The molecule has 10 aromatic rings. The van der Waals surface area contributed by atoms with Gasteiger partial charge in [-0.3, -0.25) is 0 Å². The fourth-order valence-corrected chi connectivity index (χ4v) is 8.47. The normalized spacial score (nSPS) is 11.6. The first kappa shape index (κ1) is 28.6. The molecule has 3 heterocycles. The molecule has 4 nitrogen and oxygen atoms in total. The van der Waals surface area contributed by atoms with E-state index in [0.29, 0.717) is 11.6 Å². The van der Waals surface area contributed by atoms with Crippen LogP contribution in [0, 0.1) is 0 Å². The number of benzene rings is 7. The van der Waals surface area contributed by atoms with Gasteiger partial charge in [0, 0.05) is 47.8 Å². The van der Waals surface area contributed by atoms with E-state index in [2.05, 4.69) is 156 Å². The summed E-state index contributed by atoms with van der Waals surface area (Å²) in [6.45, 7) is 0. The molecule has 0 bridgehead atoms. The average Bonchev–Trinajstić information content (AvgIpc) is 3.74. The summed E-state index contributed by atoms with van der Waals surface area (Å²) in [5, 5.41) is 5.01. The predicted molar refractivity (Wildman–Crippen MR) is 209 cm³/mol. The lowest BCUT2D eigenvalue weighted by Gasteiger charge is -2.11. The van der Waals surface area contributed by atoms with E-state index in [1.807, 2.05) is 23.5 Å². The maximum absolute atomic E-state index is 5.11. The van der Waals surface area contributed by atoms with Gasteiger partial charge in [0.25, 0.3) is 0 Å². The summed E-state index contributed by atoms with van der Waals surface area (Å²) in [6, 6.07) is 58.0. The van der Waals surface area contributed by atoms with Crippen LogP contribution in [-0.2, 0) is 0 Å². The molecule has 234 valence electrons. The molecule has 0 unspecified atom stereocenters. The van der Waals surface area contributed by atoms with E-state index in [1.165, 1.54) is 36.5 Å². The van der Waals surface area contributed by atoms with Gasteiger partial charge < -0.3 is 4.57 Å². The molecule has 5 heteroatoms. The SMILES string of the molecule is c1ccc(-c2cc(-c3ccccc3)cc(-c3ncnc(-c4ccc5c(c4)c4c6sc7ccccc7c6ccc4n5-c4ccccc4)n3)c2)cc1. The van der Waals surface area contributed by atoms with E-state index in [-0.39, 0.29) is 0 Å². The molecule has 0 N–H and O–H groups in total. The zero-order valence-corrected chi connectivity index (χ0v) is 27.7. The van der Waals surface area contributed by atoms with Crippen molar-refractivity contribution >= 4 is 53.3 Å². The van der Waals surface area contributed by atoms with Gasteiger partial charge in [-0.1, -0.05) is 103 Å². The summed E-state index contributed by atoms with van der Waals surface area (Å²) in [5.74, 6) is 1.29. The Kier molecular flexibility index (Phi) is 6.64. The minimum Gasteiger partial charge on any atom is -0.309 e. The maximum atomic E-state index is 5.11.